The number of ether oxygens (including phenoxy) is 1. The van der Waals surface area contributed by atoms with Gasteiger partial charge in [-0.3, -0.25) is 0 Å². The first-order valence-corrected chi connectivity index (χ1v) is 7.46. The van der Waals surface area contributed by atoms with E-state index in [0.717, 1.165) is 25.7 Å². The topological polar surface area (TPSA) is 26.3 Å². The maximum atomic E-state index is 12.2. The molecule has 0 heterocycles. The van der Waals surface area contributed by atoms with Crippen LogP contribution in [0.15, 0.2) is 30.3 Å². The van der Waals surface area contributed by atoms with Gasteiger partial charge in [0.15, 0.2) is 0 Å². The first-order chi connectivity index (χ1) is 9.17. The quantitative estimate of drug-likeness (QED) is 0.487. The highest BCUT2D eigenvalue weighted by molar-refractivity contribution is 5.89. The van der Waals surface area contributed by atoms with Gasteiger partial charge < -0.3 is 4.74 Å². The predicted octanol–water partition coefficient (Wildman–Crippen LogP) is 4.98. The molecule has 0 aliphatic rings. The summed E-state index contributed by atoms with van der Waals surface area (Å²) in [6, 6.07) is 9.26. The fourth-order valence-electron chi connectivity index (χ4n) is 2.33. The van der Waals surface area contributed by atoms with Crippen LogP contribution in [0.1, 0.15) is 69.7 Å². The van der Waals surface area contributed by atoms with Gasteiger partial charge in [0.25, 0.3) is 0 Å². The van der Waals surface area contributed by atoms with Crippen LogP contribution in [0.25, 0.3) is 0 Å². The van der Waals surface area contributed by atoms with Gasteiger partial charge in [0.2, 0.25) is 0 Å². The molecular formula is C17H26O2. The first kappa shape index (κ1) is 15.7. The summed E-state index contributed by atoms with van der Waals surface area (Å²) in [7, 11) is 0. The van der Waals surface area contributed by atoms with E-state index in [-0.39, 0.29) is 11.6 Å². The first-order valence-electron chi connectivity index (χ1n) is 7.46. The molecule has 19 heavy (non-hydrogen) atoms. The Labute approximate surface area is 117 Å². The zero-order chi connectivity index (χ0) is 14.1. The van der Waals surface area contributed by atoms with E-state index in [4.69, 9.17) is 4.74 Å². The smallest absolute Gasteiger partial charge is 0.338 e. The Bertz CT molecular complexity index is 366. The lowest BCUT2D eigenvalue weighted by Crippen LogP contribution is -2.34. The molecule has 0 fully saturated rings. The lowest BCUT2D eigenvalue weighted by atomic mass is 9.90. The Kier molecular flexibility index (Phi) is 6.61. The van der Waals surface area contributed by atoms with Crippen molar-refractivity contribution in [3.63, 3.8) is 0 Å². The van der Waals surface area contributed by atoms with Gasteiger partial charge in [-0.05, 0) is 37.8 Å². The summed E-state index contributed by atoms with van der Waals surface area (Å²) in [6.45, 7) is 6.40. The van der Waals surface area contributed by atoms with Gasteiger partial charge >= 0.3 is 5.97 Å². The van der Waals surface area contributed by atoms with E-state index in [9.17, 15) is 4.79 Å². The number of unbranched alkanes of at least 4 members (excludes halogenated alkanes) is 2. The number of carbonyl (C=O) groups is 1. The van der Waals surface area contributed by atoms with E-state index in [1.54, 1.807) is 0 Å². The maximum absolute atomic E-state index is 12.2. The molecule has 1 aromatic carbocycles. The van der Waals surface area contributed by atoms with Crippen molar-refractivity contribution in [3.05, 3.63) is 35.9 Å². The van der Waals surface area contributed by atoms with Crippen LogP contribution in [0.3, 0.4) is 0 Å². The monoisotopic (exact) mass is 262 g/mol. The van der Waals surface area contributed by atoms with Crippen LogP contribution in [-0.4, -0.2) is 11.6 Å². The third kappa shape index (κ3) is 4.70. The third-order valence-electron chi connectivity index (χ3n) is 3.84. The summed E-state index contributed by atoms with van der Waals surface area (Å²) in [4.78, 5) is 12.2. The molecule has 1 aromatic rings. The van der Waals surface area contributed by atoms with E-state index < -0.39 is 0 Å². The summed E-state index contributed by atoms with van der Waals surface area (Å²) in [5.41, 5.74) is 0.353. The molecule has 0 amide bonds. The van der Waals surface area contributed by atoms with Crippen molar-refractivity contribution in [2.75, 3.05) is 0 Å². The van der Waals surface area contributed by atoms with Gasteiger partial charge in [0, 0.05) is 0 Å². The second kappa shape index (κ2) is 7.98. The third-order valence-corrected chi connectivity index (χ3v) is 3.84. The van der Waals surface area contributed by atoms with Crippen LogP contribution in [0, 0.1) is 0 Å². The highest BCUT2D eigenvalue weighted by Crippen LogP contribution is 2.28. The zero-order valence-corrected chi connectivity index (χ0v) is 12.4. The molecule has 0 aliphatic heterocycles. The van der Waals surface area contributed by atoms with Crippen LogP contribution < -0.4 is 0 Å². The van der Waals surface area contributed by atoms with E-state index >= 15 is 0 Å². The standard InChI is InChI=1S/C17H26O2/c1-4-7-11-14-17(5-2,6-3)19-16(18)15-12-9-8-10-13-15/h8-10,12-13H,4-7,11,14H2,1-3H3. The maximum Gasteiger partial charge on any atom is 0.338 e. The largest absolute Gasteiger partial charge is 0.456 e. The normalized spacial score (nSPS) is 11.3. The lowest BCUT2D eigenvalue weighted by molar-refractivity contribution is -0.0285. The second-order valence-electron chi connectivity index (χ2n) is 5.10. The summed E-state index contributed by atoms with van der Waals surface area (Å²) < 4.78 is 5.83. The fourth-order valence-corrected chi connectivity index (χ4v) is 2.33. The minimum Gasteiger partial charge on any atom is -0.456 e. The summed E-state index contributed by atoms with van der Waals surface area (Å²) in [5.74, 6) is -0.194. The van der Waals surface area contributed by atoms with Crippen LogP contribution in [0.5, 0.6) is 0 Å². The van der Waals surface area contributed by atoms with E-state index in [1.165, 1.54) is 12.8 Å². The highest BCUT2D eigenvalue weighted by atomic mass is 16.6. The molecule has 2 heteroatoms. The molecule has 0 radical (unpaired) electrons. The Morgan fingerprint density at radius 2 is 1.68 bits per heavy atom. The number of esters is 1. The fraction of sp³-hybridized carbons (Fsp3) is 0.588. The molecule has 0 atom stereocenters. The van der Waals surface area contributed by atoms with Gasteiger partial charge in [-0.2, -0.15) is 0 Å². The Hall–Kier alpha value is -1.31. The summed E-state index contributed by atoms with van der Waals surface area (Å²) >= 11 is 0. The summed E-state index contributed by atoms with van der Waals surface area (Å²) in [6.07, 6.45) is 6.24. The Morgan fingerprint density at radius 1 is 1.05 bits per heavy atom. The molecular weight excluding hydrogens is 236 g/mol. The molecule has 0 aliphatic carbocycles. The molecule has 0 unspecified atom stereocenters. The number of benzene rings is 1. The molecule has 0 saturated heterocycles. The van der Waals surface area contributed by atoms with Gasteiger partial charge in [-0.25, -0.2) is 4.79 Å². The average molecular weight is 262 g/mol. The highest BCUT2D eigenvalue weighted by Gasteiger charge is 2.30. The van der Waals surface area contributed by atoms with Gasteiger partial charge in [-0.1, -0.05) is 51.8 Å². The van der Waals surface area contributed by atoms with E-state index in [2.05, 4.69) is 20.8 Å². The summed E-state index contributed by atoms with van der Waals surface area (Å²) in [5, 5.41) is 0. The molecule has 0 aromatic heterocycles. The average Bonchev–Trinajstić information content (AvgIpc) is 2.47. The molecule has 1 rings (SSSR count). The van der Waals surface area contributed by atoms with Crippen LogP contribution in [0.2, 0.25) is 0 Å². The molecule has 0 spiro atoms. The number of rotatable bonds is 8. The van der Waals surface area contributed by atoms with E-state index in [0.29, 0.717) is 5.56 Å². The van der Waals surface area contributed by atoms with Crippen molar-refractivity contribution in [1.82, 2.24) is 0 Å². The van der Waals surface area contributed by atoms with Crippen molar-refractivity contribution in [1.29, 1.82) is 0 Å². The Balaban J connectivity index is 2.69. The number of hydrogen-bond donors (Lipinski definition) is 0. The SMILES string of the molecule is CCCCCC(CC)(CC)OC(=O)c1ccccc1. The van der Waals surface area contributed by atoms with Gasteiger partial charge in [0.05, 0.1) is 5.56 Å². The van der Waals surface area contributed by atoms with Crippen molar-refractivity contribution in [2.24, 2.45) is 0 Å². The van der Waals surface area contributed by atoms with Crippen molar-refractivity contribution >= 4 is 5.97 Å². The minimum absolute atomic E-state index is 0.194. The van der Waals surface area contributed by atoms with Crippen molar-refractivity contribution < 1.29 is 9.53 Å². The molecule has 106 valence electrons. The zero-order valence-electron chi connectivity index (χ0n) is 12.4. The van der Waals surface area contributed by atoms with Crippen molar-refractivity contribution in [3.8, 4) is 0 Å². The molecule has 2 nitrogen and oxygen atoms in total. The van der Waals surface area contributed by atoms with Gasteiger partial charge in [-0.15, -0.1) is 0 Å². The predicted molar refractivity (Wildman–Crippen MR) is 79.3 cm³/mol. The minimum atomic E-state index is -0.290. The molecule has 0 saturated carbocycles. The van der Waals surface area contributed by atoms with Crippen molar-refractivity contribution in [2.45, 2.75) is 64.9 Å². The Morgan fingerprint density at radius 3 is 2.21 bits per heavy atom. The second-order valence-corrected chi connectivity index (χ2v) is 5.10. The van der Waals surface area contributed by atoms with Crippen LogP contribution in [-0.2, 0) is 4.74 Å². The van der Waals surface area contributed by atoms with E-state index in [1.807, 2.05) is 30.3 Å². The molecule has 0 N–H and O–H groups in total. The number of hydrogen-bond acceptors (Lipinski definition) is 2. The lowest BCUT2D eigenvalue weighted by Gasteiger charge is -2.31. The van der Waals surface area contributed by atoms with Gasteiger partial charge in [0.1, 0.15) is 5.60 Å². The van der Waals surface area contributed by atoms with Crippen LogP contribution in [0.4, 0.5) is 0 Å². The number of carbonyl (C=O) groups excluding carboxylic acids is 1. The molecule has 0 bridgehead atoms. The van der Waals surface area contributed by atoms with Crippen LogP contribution >= 0.6 is 0 Å².